The number of hydrogen-bond acceptors (Lipinski definition) is 4. The number of aromatic nitrogens is 4. The fourth-order valence-corrected chi connectivity index (χ4v) is 3.31. The summed E-state index contributed by atoms with van der Waals surface area (Å²) in [5.74, 6) is -3.15. The average Bonchev–Trinajstić information content (AvgIpc) is 3.19. The summed E-state index contributed by atoms with van der Waals surface area (Å²) in [6, 6.07) is 13.6. The normalized spacial score (nSPS) is 12.1. The SMILES string of the molecule is [B][C@H](Cn1nc(-c2ccc(F)c(F)c2)ccc1=O)NC(=O)CCn1cnc2ccccc21. The van der Waals surface area contributed by atoms with Crippen LogP contribution in [0.1, 0.15) is 6.42 Å². The number of fused-ring (bicyclic) bond motifs is 1. The Balaban J connectivity index is 1.39. The summed E-state index contributed by atoms with van der Waals surface area (Å²) < 4.78 is 29.6. The lowest BCUT2D eigenvalue weighted by atomic mass is 9.96. The molecule has 4 aromatic rings. The number of rotatable bonds is 7. The second-order valence-corrected chi connectivity index (χ2v) is 7.22. The number of nitrogens with zero attached hydrogens (tertiary/aromatic N) is 4. The third kappa shape index (κ3) is 4.74. The Morgan fingerprint density at radius 3 is 2.72 bits per heavy atom. The van der Waals surface area contributed by atoms with Crippen molar-refractivity contribution < 1.29 is 13.6 Å². The predicted molar refractivity (Wildman–Crippen MR) is 116 cm³/mol. The van der Waals surface area contributed by atoms with Crippen molar-refractivity contribution in [3.63, 3.8) is 0 Å². The van der Waals surface area contributed by atoms with Crippen molar-refractivity contribution in [2.24, 2.45) is 0 Å². The summed E-state index contributed by atoms with van der Waals surface area (Å²) in [4.78, 5) is 28.7. The monoisotopic (exact) mass is 433 g/mol. The van der Waals surface area contributed by atoms with E-state index < -0.39 is 23.1 Å². The van der Waals surface area contributed by atoms with Crippen molar-refractivity contribution in [3.05, 3.63) is 82.9 Å². The van der Waals surface area contributed by atoms with Crippen LogP contribution in [-0.4, -0.2) is 39.0 Å². The molecule has 0 fully saturated rings. The van der Waals surface area contributed by atoms with Gasteiger partial charge in [-0.25, -0.2) is 18.4 Å². The summed E-state index contributed by atoms with van der Waals surface area (Å²) in [5, 5.41) is 6.79. The van der Waals surface area contributed by atoms with Gasteiger partial charge in [0.1, 0.15) is 7.85 Å². The molecular formula is C22H18BF2N5O2. The quantitative estimate of drug-likeness (QED) is 0.454. The molecule has 160 valence electrons. The Kier molecular flexibility index (Phi) is 6.11. The largest absolute Gasteiger partial charge is 0.360 e. The number of carbonyl (C=O) groups is 1. The minimum Gasteiger partial charge on any atom is -0.360 e. The Labute approximate surface area is 183 Å². The lowest BCUT2D eigenvalue weighted by Crippen LogP contribution is -2.41. The van der Waals surface area contributed by atoms with E-state index in [0.29, 0.717) is 12.1 Å². The topological polar surface area (TPSA) is 81.8 Å². The lowest BCUT2D eigenvalue weighted by molar-refractivity contribution is -0.121. The van der Waals surface area contributed by atoms with Crippen LogP contribution in [0.3, 0.4) is 0 Å². The van der Waals surface area contributed by atoms with Gasteiger partial charge in [0.2, 0.25) is 5.91 Å². The first kappa shape index (κ1) is 21.4. The zero-order valence-electron chi connectivity index (χ0n) is 16.9. The van der Waals surface area contributed by atoms with Crippen molar-refractivity contribution in [1.29, 1.82) is 0 Å². The van der Waals surface area contributed by atoms with Crippen LogP contribution in [0.2, 0.25) is 0 Å². The molecule has 0 bridgehead atoms. The molecule has 1 atom stereocenters. The van der Waals surface area contributed by atoms with Crippen molar-refractivity contribution in [1.82, 2.24) is 24.6 Å². The Morgan fingerprint density at radius 2 is 1.91 bits per heavy atom. The molecule has 2 radical (unpaired) electrons. The highest BCUT2D eigenvalue weighted by Crippen LogP contribution is 2.18. The zero-order valence-corrected chi connectivity index (χ0v) is 16.9. The van der Waals surface area contributed by atoms with E-state index in [1.165, 1.54) is 18.2 Å². The summed E-state index contributed by atoms with van der Waals surface area (Å²) in [7, 11) is 5.99. The van der Waals surface area contributed by atoms with Crippen molar-refractivity contribution in [3.8, 4) is 11.3 Å². The summed E-state index contributed by atoms with van der Waals surface area (Å²) in [5.41, 5.74) is 1.91. The highest BCUT2D eigenvalue weighted by atomic mass is 19.2. The molecule has 0 aliphatic carbocycles. The highest BCUT2D eigenvalue weighted by molar-refractivity contribution is 6.13. The maximum atomic E-state index is 13.5. The molecule has 2 aromatic carbocycles. The van der Waals surface area contributed by atoms with Crippen LogP contribution in [0, 0.1) is 11.6 Å². The van der Waals surface area contributed by atoms with Crippen LogP contribution in [0.5, 0.6) is 0 Å². The maximum Gasteiger partial charge on any atom is 0.266 e. The summed E-state index contributed by atoms with van der Waals surface area (Å²) in [6.45, 7) is 0.332. The number of amides is 1. The van der Waals surface area contributed by atoms with E-state index in [2.05, 4.69) is 15.4 Å². The van der Waals surface area contributed by atoms with Crippen LogP contribution in [0.25, 0.3) is 22.3 Å². The molecule has 0 spiro atoms. The van der Waals surface area contributed by atoms with Gasteiger partial charge in [0.15, 0.2) is 11.6 Å². The fraction of sp³-hybridized carbons (Fsp3) is 0.182. The van der Waals surface area contributed by atoms with Gasteiger partial charge in [0.05, 0.1) is 29.6 Å². The summed E-state index contributed by atoms with van der Waals surface area (Å²) >= 11 is 0. The molecule has 32 heavy (non-hydrogen) atoms. The molecule has 1 N–H and O–H groups in total. The second-order valence-electron chi connectivity index (χ2n) is 7.22. The maximum absolute atomic E-state index is 13.5. The molecule has 0 aliphatic rings. The molecule has 0 unspecified atom stereocenters. The predicted octanol–water partition coefficient (Wildman–Crippen LogP) is 2.24. The van der Waals surface area contributed by atoms with Crippen LogP contribution >= 0.6 is 0 Å². The van der Waals surface area contributed by atoms with Gasteiger partial charge in [0.25, 0.3) is 5.56 Å². The van der Waals surface area contributed by atoms with Gasteiger partial charge >= 0.3 is 0 Å². The fourth-order valence-electron chi connectivity index (χ4n) is 3.31. The molecule has 1 amide bonds. The lowest BCUT2D eigenvalue weighted by Gasteiger charge is -2.16. The smallest absolute Gasteiger partial charge is 0.266 e. The molecule has 2 aromatic heterocycles. The van der Waals surface area contributed by atoms with Crippen molar-refractivity contribution >= 4 is 24.8 Å². The number of aryl methyl sites for hydroxylation is 1. The van der Waals surface area contributed by atoms with Crippen molar-refractivity contribution in [2.45, 2.75) is 25.5 Å². The van der Waals surface area contributed by atoms with Gasteiger partial charge in [-0.2, -0.15) is 5.10 Å². The minimum atomic E-state index is -1.02. The first-order valence-electron chi connectivity index (χ1n) is 9.89. The van der Waals surface area contributed by atoms with Crippen molar-refractivity contribution in [2.75, 3.05) is 0 Å². The zero-order chi connectivity index (χ0) is 22.7. The molecule has 0 saturated heterocycles. The number of carbonyl (C=O) groups excluding carboxylic acids is 1. The second kappa shape index (κ2) is 9.13. The number of hydrogen-bond donors (Lipinski definition) is 1. The highest BCUT2D eigenvalue weighted by Gasteiger charge is 2.12. The number of benzene rings is 2. The third-order valence-electron chi connectivity index (χ3n) is 4.91. The third-order valence-corrected chi connectivity index (χ3v) is 4.91. The Morgan fingerprint density at radius 1 is 1.09 bits per heavy atom. The molecule has 4 rings (SSSR count). The van der Waals surface area contributed by atoms with Gasteiger partial charge in [-0.15, -0.1) is 0 Å². The van der Waals surface area contributed by atoms with E-state index in [1.54, 1.807) is 6.33 Å². The minimum absolute atomic E-state index is 0.0872. The van der Waals surface area contributed by atoms with Gasteiger partial charge in [-0.05, 0) is 36.4 Å². The first-order valence-corrected chi connectivity index (χ1v) is 9.89. The Hall–Kier alpha value is -3.82. The molecule has 7 nitrogen and oxygen atoms in total. The molecule has 10 heteroatoms. The van der Waals surface area contributed by atoms with Crippen LogP contribution in [0.4, 0.5) is 8.78 Å². The van der Waals surface area contributed by atoms with Gasteiger partial charge in [-0.3, -0.25) is 9.59 Å². The van der Waals surface area contributed by atoms with E-state index >= 15 is 0 Å². The van der Waals surface area contributed by atoms with Gasteiger partial charge in [-0.1, -0.05) is 12.1 Å². The van der Waals surface area contributed by atoms with Crippen LogP contribution < -0.4 is 10.9 Å². The van der Waals surface area contributed by atoms with E-state index in [9.17, 15) is 18.4 Å². The summed E-state index contributed by atoms with van der Waals surface area (Å²) in [6.07, 6.45) is 1.84. The number of nitrogens with one attached hydrogen (secondary N) is 1. The molecule has 0 aliphatic heterocycles. The van der Waals surface area contributed by atoms with E-state index in [0.717, 1.165) is 27.8 Å². The Bertz CT molecular complexity index is 1340. The van der Waals surface area contributed by atoms with E-state index in [1.807, 2.05) is 28.8 Å². The number of para-hydroxylation sites is 2. The van der Waals surface area contributed by atoms with Gasteiger partial charge in [0, 0.05) is 30.5 Å². The number of halogens is 2. The molecular weight excluding hydrogens is 415 g/mol. The number of imidazole rings is 1. The molecule has 0 saturated carbocycles. The van der Waals surface area contributed by atoms with Crippen LogP contribution in [0.15, 0.2) is 65.7 Å². The molecule has 2 heterocycles. The first-order chi connectivity index (χ1) is 15.4. The van der Waals surface area contributed by atoms with E-state index in [4.69, 9.17) is 7.85 Å². The van der Waals surface area contributed by atoms with E-state index in [-0.39, 0.29) is 24.6 Å². The van der Waals surface area contributed by atoms with Crippen LogP contribution in [-0.2, 0) is 17.9 Å². The average molecular weight is 433 g/mol. The standard InChI is InChI=1S/C22H18BF2N5O2/c23-20(27-21(31)9-10-29-13-26-18-3-1-2-4-19(18)29)12-30-22(32)8-7-17(28-30)14-5-6-15(24)16(25)11-14/h1-8,11,13,20H,9-10,12H2,(H,27,31)/t20-/m0/s1. The van der Waals surface area contributed by atoms with Gasteiger partial charge < -0.3 is 9.88 Å².